The number of hydrogen-bond acceptors (Lipinski definition) is 4. The molecule has 1 unspecified atom stereocenters. The van der Waals surface area contributed by atoms with Crippen LogP contribution in [0, 0.1) is 0 Å². The number of hydrogen-bond donors (Lipinski definition) is 3. The number of aromatic nitrogens is 3. The zero-order valence-corrected chi connectivity index (χ0v) is 11.3. The number of carbonyl (C=O) groups is 1. The van der Waals surface area contributed by atoms with Gasteiger partial charge in [-0.25, -0.2) is 0 Å². The highest BCUT2D eigenvalue weighted by Crippen LogP contribution is 2.26. The fraction of sp³-hybridized carbons (Fsp3) is 0.357. The molecule has 0 saturated carbocycles. The maximum absolute atomic E-state index is 11.5. The molecule has 2 aromatic rings. The van der Waals surface area contributed by atoms with E-state index in [-0.39, 0.29) is 11.9 Å². The molecule has 0 radical (unpaired) electrons. The van der Waals surface area contributed by atoms with Crippen molar-refractivity contribution in [3.8, 4) is 11.4 Å². The monoisotopic (exact) mass is 271 g/mol. The first-order valence-electron chi connectivity index (χ1n) is 6.74. The Bertz CT molecular complexity index is 647. The summed E-state index contributed by atoms with van der Waals surface area (Å²) in [6.07, 6.45) is 3.48. The van der Waals surface area contributed by atoms with Crippen LogP contribution in [-0.4, -0.2) is 27.1 Å². The van der Waals surface area contributed by atoms with Gasteiger partial charge in [-0.05, 0) is 43.4 Å². The van der Waals surface area contributed by atoms with E-state index < -0.39 is 6.04 Å². The highest BCUT2D eigenvalue weighted by molar-refractivity contribution is 5.92. The van der Waals surface area contributed by atoms with E-state index in [1.165, 1.54) is 17.5 Å². The quantitative estimate of drug-likeness (QED) is 0.782. The lowest BCUT2D eigenvalue weighted by Gasteiger charge is -2.03. The van der Waals surface area contributed by atoms with Gasteiger partial charge in [-0.2, -0.15) is 4.98 Å². The fourth-order valence-corrected chi connectivity index (χ4v) is 2.39. The summed E-state index contributed by atoms with van der Waals surface area (Å²) in [5.41, 5.74) is 9.26. The average molecular weight is 271 g/mol. The van der Waals surface area contributed by atoms with Gasteiger partial charge in [0.05, 0.1) is 6.04 Å². The Morgan fingerprint density at radius 2 is 2.20 bits per heavy atom. The van der Waals surface area contributed by atoms with Crippen LogP contribution in [0.2, 0.25) is 0 Å². The van der Waals surface area contributed by atoms with Crippen molar-refractivity contribution in [3.05, 3.63) is 29.3 Å². The molecule has 20 heavy (non-hydrogen) atoms. The minimum Gasteiger partial charge on any atom is -0.320 e. The summed E-state index contributed by atoms with van der Waals surface area (Å²) in [6, 6.07) is 5.72. The largest absolute Gasteiger partial charge is 0.320 e. The number of carbonyl (C=O) groups excluding carboxylic acids is 1. The summed E-state index contributed by atoms with van der Waals surface area (Å²) >= 11 is 0. The van der Waals surface area contributed by atoms with Gasteiger partial charge in [0.15, 0.2) is 5.82 Å². The number of anilines is 1. The van der Waals surface area contributed by atoms with Gasteiger partial charge in [0.25, 0.3) is 0 Å². The first-order valence-corrected chi connectivity index (χ1v) is 6.74. The Morgan fingerprint density at radius 3 is 3.00 bits per heavy atom. The lowest BCUT2D eigenvalue weighted by atomic mass is 10.1. The molecule has 0 saturated heterocycles. The predicted molar refractivity (Wildman–Crippen MR) is 76.1 cm³/mol. The summed E-state index contributed by atoms with van der Waals surface area (Å²) in [5.74, 6) is 0.604. The second-order valence-corrected chi connectivity index (χ2v) is 5.12. The molecule has 1 heterocycles. The predicted octanol–water partition coefficient (Wildman–Crippen LogP) is 1.25. The Morgan fingerprint density at radius 1 is 1.40 bits per heavy atom. The normalized spacial score (nSPS) is 14.9. The van der Waals surface area contributed by atoms with Gasteiger partial charge in [-0.15, -0.1) is 5.10 Å². The topological polar surface area (TPSA) is 96.7 Å². The van der Waals surface area contributed by atoms with Crippen molar-refractivity contribution in [3.63, 3.8) is 0 Å². The molecule has 6 nitrogen and oxygen atoms in total. The number of H-pyrrole nitrogens is 1. The van der Waals surface area contributed by atoms with E-state index >= 15 is 0 Å². The van der Waals surface area contributed by atoms with Crippen LogP contribution in [0.4, 0.5) is 5.95 Å². The van der Waals surface area contributed by atoms with E-state index in [1.807, 2.05) is 6.07 Å². The van der Waals surface area contributed by atoms with Gasteiger partial charge in [0.1, 0.15) is 0 Å². The number of fused-ring (bicyclic) bond motifs is 1. The molecule has 0 aliphatic heterocycles. The number of benzene rings is 1. The minimum absolute atomic E-state index is 0.253. The van der Waals surface area contributed by atoms with E-state index in [9.17, 15) is 4.79 Å². The van der Waals surface area contributed by atoms with Crippen LogP contribution in [0.3, 0.4) is 0 Å². The standard InChI is InChI=1S/C14H17N5O/c1-8(15)13(20)17-14-16-12(18-19-14)11-6-5-9-3-2-4-10(9)7-11/h5-8H,2-4,15H2,1H3,(H2,16,17,18,19,20). The summed E-state index contributed by atoms with van der Waals surface area (Å²) < 4.78 is 0. The Hall–Kier alpha value is -2.21. The number of nitrogens with two attached hydrogens (primary N) is 1. The van der Waals surface area contributed by atoms with Gasteiger partial charge in [-0.3, -0.25) is 15.2 Å². The van der Waals surface area contributed by atoms with E-state index in [0.29, 0.717) is 5.82 Å². The van der Waals surface area contributed by atoms with E-state index in [1.54, 1.807) is 6.92 Å². The number of rotatable bonds is 3. The molecule has 3 rings (SSSR count). The third kappa shape index (κ3) is 2.42. The lowest BCUT2D eigenvalue weighted by Crippen LogP contribution is -2.32. The van der Waals surface area contributed by atoms with Gasteiger partial charge < -0.3 is 5.73 Å². The average Bonchev–Trinajstić information content (AvgIpc) is 3.05. The molecule has 6 heteroatoms. The van der Waals surface area contributed by atoms with E-state index in [2.05, 4.69) is 32.6 Å². The second-order valence-electron chi connectivity index (χ2n) is 5.12. The molecular weight excluding hydrogens is 254 g/mol. The first-order chi connectivity index (χ1) is 9.63. The molecule has 0 fully saturated rings. The summed E-state index contributed by atoms with van der Waals surface area (Å²) in [4.78, 5) is 15.8. The van der Waals surface area contributed by atoms with Gasteiger partial charge in [0, 0.05) is 5.56 Å². The molecule has 1 amide bonds. The number of nitrogens with one attached hydrogen (secondary N) is 2. The van der Waals surface area contributed by atoms with Crippen LogP contribution in [0.15, 0.2) is 18.2 Å². The maximum Gasteiger partial charge on any atom is 0.249 e. The van der Waals surface area contributed by atoms with Crippen molar-refractivity contribution in [2.45, 2.75) is 32.2 Å². The molecule has 1 atom stereocenters. The highest BCUT2D eigenvalue weighted by Gasteiger charge is 2.14. The molecule has 0 spiro atoms. The third-order valence-corrected chi connectivity index (χ3v) is 3.51. The van der Waals surface area contributed by atoms with Crippen molar-refractivity contribution in [2.24, 2.45) is 5.73 Å². The molecule has 1 aliphatic carbocycles. The summed E-state index contributed by atoms with van der Waals surface area (Å²) in [6.45, 7) is 1.61. The minimum atomic E-state index is -0.586. The Kier molecular flexibility index (Phi) is 3.23. The van der Waals surface area contributed by atoms with E-state index in [4.69, 9.17) is 5.73 Å². The number of aromatic amines is 1. The van der Waals surface area contributed by atoms with Crippen molar-refractivity contribution in [2.75, 3.05) is 5.32 Å². The smallest absolute Gasteiger partial charge is 0.249 e. The summed E-state index contributed by atoms with van der Waals surface area (Å²) in [5, 5.41) is 9.39. The molecule has 4 N–H and O–H groups in total. The van der Waals surface area contributed by atoms with Crippen LogP contribution < -0.4 is 11.1 Å². The number of amides is 1. The number of nitrogens with zero attached hydrogens (tertiary/aromatic N) is 2. The highest BCUT2D eigenvalue weighted by atomic mass is 16.2. The molecule has 1 aromatic carbocycles. The second kappa shape index (κ2) is 5.05. The van der Waals surface area contributed by atoms with Crippen molar-refractivity contribution in [1.82, 2.24) is 15.2 Å². The SMILES string of the molecule is CC(N)C(=O)Nc1n[nH]c(-c2ccc3c(c2)CCC3)n1. The Balaban J connectivity index is 1.81. The van der Waals surface area contributed by atoms with Crippen molar-refractivity contribution < 1.29 is 4.79 Å². The van der Waals surface area contributed by atoms with Gasteiger partial charge in [-0.1, -0.05) is 12.1 Å². The van der Waals surface area contributed by atoms with E-state index in [0.717, 1.165) is 18.4 Å². The van der Waals surface area contributed by atoms with Gasteiger partial charge >= 0.3 is 0 Å². The fourth-order valence-electron chi connectivity index (χ4n) is 2.39. The number of aryl methyl sites for hydroxylation is 2. The zero-order valence-electron chi connectivity index (χ0n) is 11.3. The van der Waals surface area contributed by atoms with Crippen molar-refractivity contribution in [1.29, 1.82) is 0 Å². The molecule has 1 aromatic heterocycles. The first kappa shape index (κ1) is 12.8. The van der Waals surface area contributed by atoms with Gasteiger partial charge in [0.2, 0.25) is 11.9 Å². The summed E-state index contributed by atoms with van der Waals surface area (Å²) in [7, 11) is 0. The van der Waals surface area contributed by atoms with Crippen LogP contribution >= 0.6 is 0 Å². The molecule has 1 aliphatic rings. The molecule has 0 bridgehead atoms. The third-order valence-electron chi connectivity index (χ3n) is 3.51. The molecular formula is C14H17N5O. The maximum atomic E-state index is 11.5. The molecule has 104 valence electrons. The van der Waals surface area contributed by atoms with Crippen LogP contribution in [-0.2, 0) is 17.6 Å². The lowest BCUT2D eigenvalue weighted by molar-refractivity contribution is -0.117. The van der Waals surface area contributed by atoms with Crippen molar-refractivity contribution >= 4 is 11.9 Å². The van der Waals surface area contributed by atoms with Crippen LogP contribution in [0.1, 0.15) is 24.5 Å². The Labute approximate surface area is 116 Å². The zero-order chi connectivity index (χ0) is 14.1. The van der Waals surface area contributed by atoms with Crippen LogP contribution in [0.25, 0.3) is 11.4 Å². The van der Waals surface area contributed by atoms with Crippen LogP contribution in [0.5, 0.6) is 0 Å².